The zero-order valence-electron chi connectivity index (χ0n) is 11.5. The minimum absolute atomic E-state index is 0.0179. The van der Waals surface area contributed by atoms with Gasteiger partial charge in [0.15, 0.2) is 0 Å². The number of benzene rings is 1. The van der Waals surface area contributed by atoms with Crippen LogP contribution in [0.3, 0.4) is 0 Å². The molecular weight excluding hydrogens is 276 g/mol. The second kappa shape index (κ2) is 6.28. The summed E-state index contributed by atoms with van der Waals surface area (Å²) in [7, 11) is 1.72. The van der Waals surface area contributed by atoms with Crippen LogP contribution in [-0.2, 0) is 4.79 Å². The number of aliphatic hydroxyl groups excluding tert-OH is 1. The van der Waals surface area contributed by atoms with Gasteiger partial charge in [0.25, 0.3) is 5.91 Å². The fourth-order valence-corrected chi connectivity index (χ4v) is 2.75. The van der Waals surface area contributed by atoms with Gasteiger partial charge in [-0.2, -0.15) is 0 Å². The molecule has 6 heteroatoms. The summed E-state index contributed by atoms with van der Waals surface area (Å²) in [5.74, 6) is 0.282. The van der Waals surface area contributed by atoms with Crippen LogP contribution in [0.15, 0.2) is 23.1 Å². The van der Waals surface area contributed by atoms with Crippen molar-refractivity contribution in [1.82, 2.24) is 4.90 Å². The van der Waals surface area contributed by atoms with E-state index >= 15 is 0 Å². The van der Waals surface area contributed by atoms with Gasteiger partial charge in [0.1, 0.15) is 0 Å². The van der Waals surface area contributed by atoms with E-state index in [-0.39, 0.29) is 11.8 Å². The number of nitrogens with zero attached hydrogens (tertiary/aromatic N) is 1. The number of carbonyl (C=O) groups excluding carboxylic acids is 2. The van der Waals surface area contributed by atoms with E-state index in [0.717, 1.165) is 10.6 Å². The van der Waals surface area contributed by atoms with Gasteiger partial charge >= 0.3 is 0 Å². The van der Waals surface area contributed by atoms with Crippen LogP contribution in [0.4, 0.5) is 5.69 Å². The second-order valence-corrected chi connectivity index (χ2v) is 5.93. The van der Waals surface area contributed by atoms with Crippen molar-refractivity contribution in [1.29, 1.82) is 0 Å². The van der Waals surface area contributed by atoms with Crippen molar-refractivity contribution in [2.24, 2.45) is 0 Å². The zero-order chi connectivity index (χ0) is 14.7. The summed E-state index contributed by atoms with van der Waals surface area (Å²) < 4.78 is 0. The van der Waals surface area contributed by atoms with Crippen LogP contribution >= 0.6 is 11.8 Å². The average molecular weight is 294 g/mol. The molecule has 0 aliphatic carbocycles. The van der Waals surface area contributed by atoms with E-state index in [0.29, 0.717) is 24.3 Å². The minimum atomic E-state index is -0.417. The summed E-state index contributed by atoms with van der Waals surface area (Å²) in [5, 5.41) is 12.0. The third kappa shape index (κ3) is 3.52. The Balaban J connectivity index is 2.09. The Morgan fingerprint density at radius 1 is 1.55 bits per heavy atom. The van der Waals surface area contributed by atoms with Gasteiger partial charge in [-0.25, -0.2) is 0 Å². The predicted molar refractivity (Wildman–Crippen MR) is 79.1 cm³/mol. The first kappa shape index (κ1) is 14.9. The molecule has 0 fully saturated rings. The highest BCUT2D eigenvalue weighted by Crippen LogP contribution is 2.32. The number of amides is 2. The van der Waals surface area contributed by atoms with Gasteiger partial charge in [0, 0.05) is 24.1 Å². The SMILES string of the molecule is CC(O)CCN(C)C(=O)c1ccc2c(c1)SCC(=O)N2. The molecule has 1 aromatic carbocycles. The molecule has 0 bridgehead atoms. The number of fused-ring (bicyclic) bond motifs is 1. The first-order chi connectivity index (χ1) is 9.47. The average Bonchev–Trinajstić information content (AvgIpc) is 2.43. The molecule has 0 saturated heterocycles. The van der Waals surface area contributed by atoms with Crippen molar-refractivity contribution in [3.63, 3.8) is 0 Å². The number of rotatable bonds is 4. The highest BCUT2D eigenvalue weighted by atomic mass is 32.2. The summed E-state index contributed by atoms with van der Waals surface area (Å²) in [4.78, 5) is 26.0. The van der Waals surface area contributed by atoms with E-state index in [1.165, 1.54) is 11.8 Å². The lowest BCUT2D eigenvalue weighted by Gasteiger charge is -2.20. The first-order valence-corrected chi connectivity index (χ1v) is 7.46. The third-order valence-corrected chi connectivity index (χ3v) is 4.15. The Morgan fingerprint density at radius 3 is 3.00 bits per heavy atom. The zero-order valence-corrected chi connectivity index (χ0v) is 12.4. The molecule has 1 aliphatic rings. The summed E-state index contributed by atoms with van der Waals surface area (Å²) >= 11 is 1.44. The standard InChI is InChI=1S/C14H18N2O3S/c1-9(17)5-6-16(2)14(19)10-3-4-11-12(7-10)20-8-13(18)15-11/h3-4,7,9,17H,5-6,8H2,1-2H3,(H,15,18). The predicted octanol–water partition coefficient (Wildman–Crippen LogP) is 1.57. The van der Waals surface area contributed by atoms with Crippen LogP contribution in [0.2, 0.25) is 0 Å². The summed E-state index contributed by atoms with van der Waals surface area (Å²) in [6.45, 7) is 2.22. The van der Waals surface area contributed by atoms with Gasteiger partial charge in [0.2, 0.25) is 5.91 Å². The quantitative estimate of drug-likeness (QED) is 0.884. The van der Waals surface area contributed by atoms with Crippen LogP contribution in [0.5, 0.6) is 0 Å². The molecule has 2 N–H and O–H groups in total. The highest BCUT2D eigenvalue weighted by molar-refractivity contribution is 8.00. The minimum Gasteiger partial charge on any atom is -0.393 e. The van der Waals surface area contributed by atoms with E-state index in [1.54, 1.807) is 37.1 Å². The van der Waals surface area contributed by atoms with Crippen molar-refractivity contribution in [3.05, 3.63) is 23.8 Å². The highest BCUT2D eigenvalue weighted by Gasteiger charge is 2.18. The van der Waals surface area contributed by atoms with E-state index < -0.39 is 6.10 Å². The molecule has 108 valence electrons. The Labute approximate surface area is 122 Å². The number of hydrogen-bond donors (Lipinski definition) is 2. The molecule has 5 nitrogen and oxygen atoms in total. The number of anilines is 1. The Hall–Kier alpha value is -1.53. The fraction of sp³-hybridized carbons (Fsp3) is 0.429. The molecule has 1 aromatic rings. The van der Waals surface area contributed by atoms with Gasteiger partial charge in [0.05, 0.1) is 17.5 Å². The van der Waals surface area contributed by atoms with Gasteiger partial charge in [-0.15, -0.1) is 11.8 Å². The van der Waals surface area contributed by atoms with Crippen LogP contribution in [0.25, 0.3) is 0 Å². The topological polar surface area (TPSA) is 69.6 Å². The number of nitrogens with one attached hydrogen (secondary N) is 1. The molecule has 20 heavy (non-hydrogen) atoms. The normalized spacial score (nSPS) is 15.2. The van der Waals surface area contributed by atoms with Crippen molar-refractivity contribution in [2.75, 3.05) is 24.7 Å². The Morgan fingerprint density at radius 2 is 2.30 bits per heavy atom. The van der Waals surface area contributed by atoms with Gasteiger partial charge < -0.3 is 15.3 Å². The maximum atomic E-state index is 12.3. The molecule has 1 unspecified atom stereocenters. The lowest BCUT2D eigenvalue weighted by molar-refractivity contribution is -0.113. The van der Waals surface area contributed by atoms with E-state index in [4.69, 9.17) is 0 Å². The van der Waals surface area contributed by atoms with Crippen molar-refractivity contribution in [3.8, 4) is 0 Å². The molecular formula is C14H18N2O3S. The van der Waals surface area contributed by atoms with Crippen molar-refractivity contribution >= 4 is 29.3 Å². The van der Waals surface area contributed by atoms with Gasteiger partial charge in [-0.3, -0.25) is 9.59 Å². The molecule has 1 aliphatic heterocycles. The Kier molecular flexibility index (Phi) is 4.67. The summed E-state index contributed by atoms with van der Waals surface area (Å²) in [6, 6.07) is 5.28. The molecule has 2 amide bonds. The monoisotopic (exact) mass is 294 g/mol. The number of thioether (sulfide) groups is 1. The van der Waals surface area contributed by atoms with Crippen LogP contribution in [-0.4, -0.2) is 47.3 Å². The second-order valence-electron chi connectivity index (χ2n) is 4.91. The number of aliphatic hydroxyl groups is 1. The van der Waals surface area contributed by atoms with Crippen LogP contribution < -0.4 is 5.32 Å². The van der Waals surface area contributed by atoms with E-state index in [2.05, 4.69) is 5.32 Å². The number of carbonyl (C=O) groups is 2. The lowest BCUT2D eigenvalue weighted by atomic mass is 10.1. The largest absolute Gasteiger partial charge is 0.393 e. The fourth-order valence-electron chi connectivity index (χ4n) is 1.91. The third-order valence-electron chi connectivity index (χ3n) is 3.09. The first-order valence-electron chi connectivity index (χ1n) is 6.47. The van der Waals surface area contributed by atoms with Crippen molar-refractivity contribution < 1.29 is 14.7 Å². The molecule has 0 saturated carbocycles. The van der Waals surface area contributed by atoms with Crippen LogP contribution in [0, 0.1) is 0 Å². The maximum absolute atomic E-state index is 12.3. The molecule has 1 heterocycles. The lowest BCUT2D eigenvalue weighted by Crippen LogP contribution is -2.29. The summed E-state index contributed by atoms with van der Waals surface area (Å²) in [6.07, 6.45) is 0.136. The molecule has 1 atom stereocenters. The van der Waals surface area contributed by atoms with E-state index in [1.807, 2.05) is 0 Å². The number of hydrogen-bond acceptors (Lipinski definition) is 4. The van der Waals surface area contributed by atoms with E-state index in [9.17, 15) is 14.7 Å². The van der Waals surface area contributed by atoms with Gasteiger partial charge in [-0.05, 0) is 31.5 Å². The van der Waals surface area contributed by atoms with Gasteiger partial charge in [-0.1, -0.05) is 0 Å². The van der Waals surface area contributed by atoms with Crippen molar-refractivity contribution in [2.45, 2.75) is 24.3 Å². The molecule has 2 rings (SSSR count). The smallest absolute Gasteiger partial charge is 0.253 e. The van der Waals surface area contributed by atoms with Crippen LogP contribution in [0.1, 0.15) is 23.7 Å². The molecule has 0 spiro atoms. The molecule has 0 radical (unpaired) electrons. The maximum Gasteiger partial charge on any atom is 0.253 e. The summed E-state index contributed by atoms with van der Waals surface area (Å²) in [5.41, 5.74) is 1.36. The molecule has 0 aromatic heterocycles. The Bertz CT molecular complexity index is 531.